The van der Waals surface area contributed by atoms with Crippen LogP contribution in [-0.4, -0.2) is 60.4 Å². The van der Waals surface area contributed by atoms with E-state index in [-0.39, 0.29) is 17.2 Å². The summed E-state index contributed by atoms with van der Waals surface area (Å²) in [6.45, 7) is 10.8. The highest BCUT2D eigenvalue weighted by Gasteiger charge is 2.30. The number of amides is 2. The molecule has 5 nitrogen and oxygen atoms in total. The zero-order chi connectivity index (χ0) is 19.4. The van der Waals surface area contributed by atoms with Crippen molar-refractivity contribution in [3.05, 3.63) is 35.4 Å². The van der Waals surface area contributed by atoms with Gasteiger partial charge in [-0.25, -0.2) is 0 Å². The Hall–Kier alpha value is -1.88. The van der Waals surface area contributed by atoms with Crippen molar-refractivity contribution in [2.24, 2.45) is 0 Å². The van der Waals surface area contributed by atoms with Crippen molar-refractivity contribution >= 4 is 11.8 Å². The number of hydrogen-bond acceptors (Lipinski definition) is 3. The average molecular weight is 372 g/mol. The molecule has 2 amide bonds. The minimum atomic E-state index is -0.110. The smallest absolute Gasteiger partial charge is 0.251 e. The van der Waals surface area contributed by atoms with Crippen molar-refractivity contribution in [1.29, 1.82) is 0 Å². The molecule has 2 aliphatic rings. The number of rotatable bonds is 4. The number of nitrogens with one attached hydrogen (secondary N) is 1. The molecule has 27 heavy (non-hydrogen) atoms. The molecule has 2 fully saturated rings. The summed E-state index contributed by atoms with van der Waals surface area (Å²) < 4.78 is 0. The molecule has 0 radical (unpaired) electrons. The molecule has 1 aromatic carbocycles. The molecular weight excluding hydrogens is 338 g/mol. The monoisotopic (exact) mass is 371 g/mol. The first-order valence-electron chi connectivity index (χ1n) is 10.2. The van der Waals surface area contributed by atoms with E-state index in [4.69, 9.17) is 0 Å². The van der Waals surface area contributed by atoms with Gasteiger partial charge in [0, 0.05) is 44.2 Å². The summed E-state index contributed by atoms with van der Waals surface area (Å²) in [5.74, 6) is 0.0493. The SMILES string of the molecule is CC(C)(C)c1ccc(C(=O)NCCC(=O)N2CCCN3CCC[C@H]3C2)cc1. The van der Waals surface area contributed by atoms with Gasteiger partial charge in [0.1, 0.15) is 0 Å². The largest absolute Gasteiger partial charge is 0.352 e. The van der Waals surface area contributed by atoms with Crippen LogP contribution in [0.3, 0.4) is 0 Å². The fourth-order valence-electron chi connectivity index (χ4n) is 4.10. The second kappa shape index (κ2) is 8.42. The fraction of sp³-hybridized carbons (Fsp3) is 0.636. The lowest BCUT2D eigenvalue weighted by atomic mass is 9.87. The van der Waals surface area contributed by atoms with Crippen LogP contribution in [0, 0.1) is 0 Å². The first kappa shape index (κ1) is 19.9. The summed E-state index contributed by atoms with van der Waals surface area (Å²) >= 11 is 0. The maximum absolute atomic E-state index is 12.6. The van der Waals surface area contributed by atoms with Crippen LogP contribution in [0.1, 0.15) is 62.4 Å². The van der Waals surface area contributed by atoms with Gasteiger partial charge in [-0.2, -0.15) is 0 Å². The van der Waals surface area contributed by atoms with E-state index in [1.807, 2.05) is 29.2 Å². The van der Waals surface area contributed by atoms with Crippen molar-refractivity contribution in [3.63, 3.8) is 0 Å². The first-order chi connectivity index (χ1) is 12.8. The highest BCUT2D eigenvalue weighted by Crippen LogP contribution is 2.23. The van der Waals surface area contributed by atoms with E-state index in [9.17, 15) is 9.59 Å². The highest BCUT2D eigenvalue weighted by molar-refractivity contribution is 5.94. The van der Waals surface area contributed by atoms with Crippen molar-refractivity contribution in [2.45, 2.75) is 57.9 Å². The Labute approximate surface area is 163 Å². The van der Waals surface area contributed by atoms with Crippen LogP contribution in [-0.2, 0) is 10.2 Å². The summed E-state index contributed by atoms with van der Waals surface area (Å²) in [5.41, 5.74) is 1.92. The normalized spacial score (nSPS) is 20.9. The molecule has 1 aromatic rings. The molecule has 0 spiro atoms. The zero-order valence-electron chi connectivity index (χ0n) is 17.0. The Balaban J connectivity index is 1.46. The van der Waals surface area contributed by atoms with E-state index in [1.165, 1.54) is 24.9 Å². The van der Waals surface area contributed by atoms with E-state index >= 15 is 0 Å². The van der Waals surface area contributed by atoms with Gasteiger partial charge in [-0.15, -0.1) is 0 Å². The molecule has 1 atom stereocenters. The van der Waals surface area contributed by atoms with Gasteiger partial charge in [-0.3, -0.25) is 14.5 Å². The summed E-state index contributed by atoms with van der Waals surface area (Å²) in [6, 6.07) is 8.27. The van der Waals surface area contributed by atoms with Gasteiger partial charge >= 0.3 is 0 Å². The van der Waals surface area contributed by atoms with Gasteiger partial charge in [0.25, 0.3) is 5.91 Å². The van der Waals surface area contributed by atoms with Crippen LogP contribution < -0.4 is 5.32 Å². The molecule has 0 aliphatic carbocycles. The Morgan fingerprint density at radius 2 is 1.78 bits per heavy atom. The molecule has 2 aliphatic heterocycles. The third-order valence-electron chi connectivity index (χ3n) is 5.79. The van der Waals surface area contributed by atoms with Gasteiger partial charge in [0.2, 0.25) is 5.91 Å². The predicted molar refractivity (Wildman–Crippen MR) is 108 cm³/mol. The van der Waals surface area contributed by atoms with Crippen LogP contribution in [0.15, 0.2) is 24.3 Å². The van der Waals surface area contributed by atoms with Crippen LogP contribution in [0.25, 0.3) is 0 Å². The zero-order valence-corrected chi connectivity index (χ0v) is 17.0. The van der Waals surface area contributed by atoms with Gasteiger partial charge in [-0.05, 0) is 48.9 Å². The molecule has 2 saturated heterocycles. The van der Waals surface area contributed by atoms with Gasteiger partial charge in [0.15, 0.2) is 0 Å². The van der Waals surface area contributed by atoms with E-state index in [2.05, 4.69) is 31.0 Å². The molecule has 0 bridgehead atoms. The molecule has 0 aromatic heterocycles. The number of benzene rings is 1. The van der Waals surface area contributed by atoms with E-state index in [0.29, 0.717) is 24.6 Å². The Kier molecular flexibility index (Phi) is 6.20. The molecule has 0 saturated carbocycles. The summed E-state index contributed by atoms with van der Waals surface area (Å²) in [6.07, 6.45) is 3.87. The lowest BCUT2D eigenvalue weighted by Gasteiger charge is -2.25. The quantitative estimate of drug-likeness (QED) is 0.885. The molecular formula is C22H33N3O2. The average Bonchev–Trinajstić information content (AvgIpc) is 2.97. The fourth-order valence-corrected chi connectivity index (χ4v) is 4.10. The molecule has 0 unspecified atom stereocenters. The second-order valence-electron chi connectivity index (χ2n) is 8.86. The summed E-state index contributed by atoms with van der Waals surface area (Å²) in [7, 11) is 0. The van der Waals surface area contributed by atoms with Crippen LogP contribution >= 0.6 is 0 Å². The predicted octanol–water partition coefficient (Wildman–Crippen LogP) is 2.80. The second-order valence-corrected chi connectivity index (χ2v) is 8.86. The maximum Gasteiger partial charge on any atom is 0.251 e. The standard InChI is InChI=1S/C22H33N3O2/c1-22(2,3)18-9-7-17(8-10-18)21(27)23-12-11-20(26)25-15-5-14-24-13-4-6-19(24)16-25/h7-10,19H,4-6,11-16H2,1-3H3,(H,23,27)/t19-/m0/s1. The number of nitrogens with zero attached hydrogens (tertiary/aromatic N) is 2. The Bertz CT molecular complexity index is 663. The van der Waals surface area contributed by atoms with E-state index in [1.54, 1.807) is 0 Å². The topological polar surface area (TPSA) is 52.7 Å². The van der Waals surface area contributed by atoms with Gasteiger partial charge in [-0.1, -0.05) is 32.9 Å². The third-order valence-corrected chi connectivity index (χ3v) is 5.79. The number of carbonyl (C=O) groups excluding carboxylic acids is 2. The third kappa shape index (κ3) is 5.10. The van der Waals surface area contributed by atoms with Crippen LogP contribution in [0.2, 0.25) is 0 Å². The lowest BCUT2D eigenvalue weighted by molar-refractivity contribution is -0.131. The Morgan fingerprint density at radius 1 is 1.07 bits per heavy atom. The number of carbonyl (C=O) groups is 2. The van der Waals surface area contributed by atoms with Gasteiger partial charge in [0.05, 0.1) is 0 Å². The minimum absolute atomic E-state index is 0.0729. The molecule has 5 heteroatoms. The maximum atomic E-state index is 12.6. The summed E-state index contributed by atoms with van der Waals surface area (Å²) in [5, 5.41) is 2.89. The van der Waals surface area contributed by atoms with Crippen molar-refractivity contribution in [1.82, 2.24) is 15.1 Å². The molecule has 1 N–H and O–H groups in total. The van der Waals surface area contributed by atoms with E-state index in [0.717, 1.165) is 26.1 Å². The Morgan fingerprint density at radius 3 is 2.48 bits per heavy atom. The molecule has 148 valence electrons. The van der Waals surface area contributed by atoms with Crippen LogP contribution in [0.5, 0.6) is 0 Å². The minimum Gasteiger partial charge on any atom is -0.352 e. The van der Waals surface area contributed by atoms with Crippen molar-refractivity contribution in [3.8, 4) is 0 Å². The van der Waals surface area contributed by atoms with Crippen molar-refractivity contribution < 1.29 is 9.59 Å². The highest BCUT2D eigenvalue weighted by atomic mass is 16.2. The first-order valence-corrected chi connectivity index (χ1v) is 10.2. The van der Waals surface area contributed by atoms with Crippen LogP contribution in [0.4, 0.5) is 0 Å². The molecule has 3 rings (SSSR count). The van der Waals surface area contributed by atoms with Gasteiger partial charge < -0.3 is 10.2 Å². The molecule has 2 heterocycles. The number of hydrogen-bond donors (Lipinski definition) is 1. The van der Waals surface area contributed by atoms with E-state index < -0.39 is 0 Å². The number of fused-ring (bicyclic) bond motifs is 1. The lowest BCUT2D eigenvalue weighted by Crippen LogP contribution is -2.40. The van der Waals surface area contributed by atoms with Crippen molar-refractivity contribution in [2.75, 3.05) is 32.7 Å². The summed E-state index contributed by atoms with van der Waals surface area (Å²) in [4.78, 5) is 29.4.